The minimum atomic E-state index is -4.46. The number of nitrogens with one attached hydrogen (secondary N) is 1. The molecule has 5 nitrogen and oxygen atoms in total. The zero-order valence-corrected chi connectivity index (χ0v) is 14.4. The van der Waals surface area contributed by atoms with E-state index in [1.165, 1.54) is 23.5 Å². The number of aryl methyl sites for hydroxylation is 1. The fourth-order valence-electron chi connectivity index (χ4n) is 2.00. The smallest absolute Gasteiger partial charge is 0.417 e. The summed E-state index contributed by atoms with van der Waals surface area (Å²) < 4.78 is 43.8. The van der Waals surface area contributed by atoms with Crippen LogP contribution in [0, 0.1) is 6.92 Å². The summed E-state index contributed by atoms with van der Waals surface area (Å²) in [6.45, 7) is 3.70. The monoisotopic (exact) mass is 371 g/mol. The number of nitrogens with zero attached hydrogens (tertiary/aromatic N) is 2. The molecule has 134 valence electrons. The quantitative estimate of drug-likeness (QED) is 0.473. The van der Waals surface area contributed by atoms with Crippen LogP contribution < -0.4 is 5.43 Å². The van der Waals surface area contributed by atoms with Gasteiger partial charge in [0.25, 0.3) is 0 Å². The predicted molar refractivity (Wildman–Crippen MR) is 89.8 cm³/mol. The maximum atomic E-state index is 13.0. The zero-order valence-electron chi connectivity index (χ0n) is 13.6. The number of halogens is 3. The van der Waals surface area contributed by atoms with E-state index in [2.05, 4.69) is 15.5 Å². The molecule has 2 aromatic rings. The number of carbonyl (C=O) groups is 1. The molecule has 9 heteroatoms. The molecular weight excluding hydrogens is 355 g/mol. The first-order chi connectivity index (χ1) is 11.8. The second-order valence-corrected chi connectivity index (χ2v) is 5.94. The molecule has 25 heavy (non-hydrogen) atoms. The Hall–Kier alpha value is -2.42. The van der Waals surface area contributed by atoms with Gasteiger partial charge in [0.15, 0.2) is 0 Å². The normalized spacial score (nSPS) is 11.7. The van der Waals surface area contributed by atoms with Crippen molar-refractivity contribution in [2.75, 3.05) is 12.0 Å². The topological polar surface area (TPSA) is 63.6 Å². The van der Waals surface area contributed by atoms with Gasteiger partial charge in [0.05, 0.1) is 30.5 Å². The van der Waals surface area contributed by atoms with Crippen molar-refractivity contribution in [1.82, 2.24) is 4.98 Å². The van der Waals surface area contributed by atoms with E-state index >= 15 is 0 Å². The molecule has 0 spiro atoms. The van der Waals surface area contributed by atoms with E-state index in [1.807, 2.05) is 0 Å². The number of hydrogen-bond acceptors (Lipinski definition) is 6. The van der Waals surface area contributed by atoms with Gasteiger partial charge in [0.1, 0.15) is 0 Å². The summed E-state index contributed by atoms with van der Waals surface area (Å²) in [4.78, 5) is 15.5. The number of carbonyl (C=O) groups excluding carboxylic acids is 1. The highest BCUT2D eigenvalue weighted by molar-refractivity contribution is 7.13. The van der Waals surface area contributed by atoms with Gasteiger partial charge in [-0.05, 0) is 26.0 Å². The summed E-state index contributed by atoms with van der Waals surface area (Å²) in [5.74, 6) is -0.391. The van der Waals surface area contributed by atoms with Crippen LogP contribution in [0.4, 0.5) is 18.3 Å². The first-order valence-electron chi connectivity index (χ1n) is 7.36. The lowest BCUT2D eigenvalue weighted by Gasteiger charge is -2.10. The van der Waals surface area contributed by atoms with Gasteiger partial charge in [-0.15, -0.1) is 11.3 Å². The van der Waals surface area contributed by atoms with Crippen molar-refractivity contribution >= 4 is 28.7 Å². The van der Waals surface area contributed by atoms with Gasteiger partial charge < -0.3 is 4.74 Å². The number of hydrazone groups is 1. The van der Waals surface area contributed by atoms with Crippen molar-refractivity contribution in [2.24, 2.45) is 5.10 Å². The molecule has 0 radical (unpaired) electrons. The highest BCUT2D eigenvalue weighted by atomic mass is 32.1. The summed E-state index contributed by atoms with van der Waals surface area (Å²) in [7, 11) is 0. The summed E-state index contributed by atoms with van der Waals surface area (Å²) >= 11 is 1.19. The molecule has 0 aliphatic heterocycles. The second-order valence-electron chi connectivity index (χ2n) is 5.08. The van der Waals surface area contributed by atoms with Gasteiger partial charge in [-0.3, -0.25) is 10.2 Å². The third-order valence-corrected chi connectivity index (χ3v) is 3.85. The third kappa shape index (κ3) is 5.56. The average molecular weight is 371 g/mol. The van der Waals surface area contributed by atoms with E-state index in [4.69, 9.17) is 4.74 Å². The molecule has 2 rings (SSSR count). The van der Waals surface area contributed by atoms with Gasteiger partial charge in [-0.2, -0.15) is 18.3 Å². The lowest BCUT2D eigenvalue weighted by atomic mass is 10.1. The van der Waals surface area contributed by atoms with E-state index in [9.17, 15) is 18.0 Å². The minimum absolute atomic E-state index is 0.0336. The molecule has 0 fully saturated rings. The molecule has 0 atom stereocenters. The molecule has 0 aliphatic carbocycles. The van der Waals surface area contributed by atoms with Crippen LogP contribution in [0.2, 0.25) is 0 Å². The number of esters is 1. The number of benzene rings is 1. The fraction of sp³-hybridized carbons (Fsp3) is 0.312. The van der Waals surface area contributed by atoms with E-state index < -0.39 is 17.7 Å². The molecule has 1 N–H and O–H groups in total. The van der Waals surface area contributed by atoms with E-state index in [0.717, 1.165) is 12.3 Å². The summed E-state index contributed by atoms with van der Waals surface area (Å²) in [5, 5.41) is 5.84. The van der Waals surface area contributed by atoms with Crippen LogP contribution in [0.25, 0.3) is 0 Å². The van der Waals surface area contributed by atoms with Crippen LogP contribution in [-0.2, 0) is 22.1 Å². The summed E-state index contributed by atoms with van der Waals surface area (Å²) in [6, 6.07) is 3.83. The van der Waals surface area contributed by atoms with Crippen LogP contribution in [0.1, 0.15) is 29.3 Å². The van der Waals surface area contributed by atoms with Crippen molar-refractivity contribution in [2.45, 2.75) is 26.4 Å². The number of aromatic nitrogens is 1. The molecule has 0 amide bonds. The van der Waals surface area contributed by atoms with Crippen molar-refractivity contribution in [3.05, 3.63) is 46.0 Å². The van der Waals surface area contributed by atoms with Gasteiger partial charge in [0, 0.05) is 10.9 Å². The zero-order chi connectivity index (χ0) is 18.4. The average Bonchev–Trinajstić information content (AvgIpc) is 2.93. The third-order valence-electron chi connectivity index (χ3n) is 3.06. The fourth-order valence-corrected chi connectivity index (χ4v) is 2.66. The molecular formula is C16H16F3N3O2S. The lowest BCUT2D eigenvalue weighted by Crippen LogP contribution is -2.09. The van der Waals surface area contributed by atoms with Crippen LogP contribution in [-0.4, -0.2) is 23.8 Å². The second kappa shape index (κ2) is 8.11. The molecule has 0 aliphatic rings. The number of ether oxygens (including phenoxy) is 1. The SMILES string of the molecule is CCOC(=O)Cc1csc(NN=Cc2cc(C)ccc2C(F)(F)F)n1. The number of hydrogen-bond donors (Lipinski definition) is 1. The molecule has 1 heterocycles. The largest absolute Gasteiger partial charge is 0.466 e. The maximum absolute atomic E-state index is 13.0. The Labute approximate surface area is 146 Å². The van der Waals surface area contributed by atoms with Gasteiger partial charge >= 0.3 is 12.1 Å². The number of rotatable bonds is 6. The van der Waals surface area contributed by atoms with Crippen molar-refractivity contribution in [3.8, 4) is 0 Å². The maximum Gasteiger partial charge on any atom is 0.417 e. The van der Waals surface area contributed by atoms with Crippen molar-refractivity contribution in [3.63, 3.8) is 0 Å². The Balaban J connectivity index is 2.06. The summed E-state index contributed by atoms with van der Waals surface area (Å²) in [5.41, 5.74) is 2.98. The molecule has 0 saturated carbocycles. The van der Waals surface area contributed by atoms with E-state index in [-0.39, 0.29) is 18.6 Å². The van der Waals surface area contributed by atoms with Crippen LogP contribution in [0.3, 0.4) is 0 Å². The molecule has 0 unspecified atom stereocenters. The first-order valence-corrected chi connectivity index (χ1v) is 8.24. The highest BCUT2D eigenvalue weighted by Crippen LogP contribution is 2.31. The van der Waals surface area contributed by atoms with E-state index in [0.29, 0.717) is 16.4 Å². The Morgan fingerprint density at radius 2 is 2.20 bits per heavy atom. The first kappa shape index (κ1) is 18.9. The summed E-state index contributed by atoms with van der Waals surface area (Å²) in [6.07, 6.45) is -3.32. The van der Waals surface area contributed by atoms with E-state index in [1.54, 1.807) is 19.2 Å². The van der Waals surface area contributed by atoms with Crippen molar-refractivity contribution < 1.29 is 22.7 Å². The Morgan fingerprint density at radius 3 is 2.88 bits per heavy atom. The van der Waals surface area contributed by atoms with Gasteiger partial charge in [-0.25, -0.2) is 4.98 Å². The molecule has 1 aromatic heterocycles. The molecule has 0 saturated heterocycles. The minimum Gasteiger partial charge on any atom is -0.466 e. The van der Waals surface area contributed by atoms with Gasteiger partial charge in [-0.1, -0.05) is 11.6 Å². The Morgan fingerprint density at radius 1 is 1.44 bits per heavy atom. The molecule has 0 bridgehead atoms. The van der Waals surface area contributed by atoms with Crippen LogP contribution >= 0.6 is 11.3 Å². The predicted octanol–water partition coefficient (Wildman–Crippen LogP) is 4.02. The van der Waals surface area contributed by atoms with Crippen molar-refractivity contribution in [1.29, 1.82) is 0 Å². The number of thiazole rings is 1. The molecule has 1 aromatic carbocycles. The van der Waals surface area contributed by atoms with Crippen LogP contribution in [0.5, 0.6) is 0 Å². The van der Waals surface area contributed by atoms with Gasteiger partial charge in [0.2, 0.25) is 5.13 Å². The Kier molecular flexibility index (Phi) is 6.13. The Bertz CT molecular complexity index is 772. The number of alkyl halides is 3. The number of anilines is 1. The highest BCUT2D eigenvalue weighted by Gasteiger charge is 2.32. The van der Waals surface area contributed by atoms with Crippen LogP contribution in [0.15, 0.2) is 28.7 Å². The standard InChI is InChI=1S/C16H16F3N3O2S/c1-3-24-14(23)7-12-9-25-15(21-12)22-20-8-11-6-10(2)4-5-13(11)16(17,18)19/h4-6,8-9H,3,7H2,1-2H3,(H,21,22). The lowest BCUT2D eigenvalue weighted by molar-refractivity contribution is -0.142.